The van der Waals surface area contributed by atoms with E-state index in [0.717, 1.165) is 89.9 Å². The normalized spacial score (nSPS) is 12.5. The van der Waals surface area contributed by atoms with Gasteiger partial charge in [0.05, 0.1) is 0 Å². The first-order chi connectivity index (χ1) is 41.0. The van der Waals surface area contributed by atoms with Crippen molar-refractivity contribution in [3.8, 4) is 0 Å². The van der Waals surface area contributed by atoms with E-state index in [1.54, 1.807) is 0 Å². The topological polar surface area (TPSA) is 78.9 Å². The first-order valence-electron chi connectivity index (χ1n) is 36.4. The first-order valence-corrected chi connectivity index (χ1v) is 36.4. The van der Waals surface area contributed by atoms with Gasteiger partial charge in [0.1, 0.15) is 13.2 Å². The van der Waals surface area contributed by atoms with Crippen molar-refractivity contribution in [3.05, 3.63) is 72.9 Å². The molecule has 0 fully saturated rings. The predicted octanol–water partition coefficient (Wildman–Crippen LogP) is 25.2. The lowest BCUT2D eigenvalue weighted by atomic mass is 10.0. The lowest BCUT2D eigenvalue weighted by Crippen LogP contribution is -2.30. The van der Waals surface area contributed by atoms with Gasteiger partial charge in [-0.2, -0.15) is 0 Å². The molecule has 0 aliphatic heterocycles. The number of hydrogen-bond donors (Lipinski definition) is 0. The zero-order valence-electron chi connectivity index (χ0n) is 55.5. The average molecular weight is 1160 g/mol. The van der Waals surface area contributed by atoms with Gasteiger partial charge in [-0.15, -0.1) is 0 Å². The van der Waals surface area contributed by atoms with Gasteiger partial charge in [0, 0.05) is 19.3 Å². The summed E-state index contributed by atoms with van der Waals surface area (Å²) in [6.07, 6.45) is 93.6. The molecule has 6 heteroatoms. The summed E-state index contributed by atoms with van der Waals surface area (Å²) in [5.74, 6) is -0.864. The molecule has 0 N–H and O–H groups in total. The van der Waals surface area contributed by atoms with Crippen molar-refractivity contribution in [1.29, 1.82) is 0 Å². The van der Waals surface area contributed by atoms with Gasteiger partial charge < -0.3 is 14.2 Å². The van der Waals surface area contributed by atoms with Crippen LogP contribution in [0.5, 0.6) is 0 Å². The minimum atomic E-state index is -0.783. The molecule has 83 heavy (non-hydrogen) atoms. The molecule has 0 aromatic heterocycles. The molecule has 6 nitrogen and oxygen atoms in total. The van der Waals surface area contributed by atoms with Crippen molar-refractivity contribution >= 4 is 17.9 Å². The zero-order chi connectivity index (χ0) is 59.9. The maximum absolute atomic E-state index is 13.0. The molecule has 1 atom stereocenters. The Morgan fingerprint density at radius 3 is 0.747 bits per heavy atom. The highest BCUT2D eigenvalue weighted by molar-refractivity contribution is 5.71. The molecule has 0 aliphatic rings. The Morgan fingerprint density at radius 1 is 0.253 bits per heavy atom. The summed E-state index contributed by atoms with van der Waals surface area (Å²) in [6, 6.07) is 0. The maximum atomic E-state index is 13.0. The lowest BCUT2D eigenvalue weighted by molar-refractivity contribution is -0.167. The summed E-state index contributed by atoms with van der Waals surface area (Å²) in [4.78, 5) is 38.5. The van der Waals surface area contributed by atoms with E-state index in [9.17, 15) is 14.4 Å². The Kier molecular flexibility index (Phi) is 68.6. The summed E-state index contributed by atoms with van der Waals surface area (Å²) in [5.41, 5.74) is 0. The third-order valence-corrected chi connectivity index (χ3v) is 16.2. The largest absolute Gasteiger partial charge is 0.462 e. The van der Waals surface area contributed by atoms with Gasteiger partial charge in [-0.1, -0.05) is 325 Å². The number of esters is 3. The van der Waals surface area contributed by atoms with Crippen molar-refractivity contribution in [1.82, 2.24) is 0 Å². The van der Waals surface area contributed by atoms with Crippen LogP contribution in [0.4, 0.5) is 0 Å². The van der Waals surface area contributed by atoms with E-state index in [1.165, 1.54) is 250 Å². The molecule has 0 spiro atoms. The summed E-state index contributed by atoms with van der Waals surface area (Å²) in [6.45, 7) is 6.58. The van der Waals surface area contributed by atoms with Gasteiger partial charge in [-0.05, 0) is 109 Å². The summed E-state index contributed by atoms with van der Waals surface area (Å²) < 4.78 is 17.0. The van der Waals surface area contributed by atoms with E-state index in [-0.39, 0.29) is 31.1 Å². The number of ether oxygens (including phenoxy) is 3. The summed E-state index contributed by atoms with van der Waals surface area (Å²) in [7, 11) is 0. The monoisotopic (exact) mass is 1160 g/mol. The van der Waals surface area contributed by atoms with Gasteiger partial charge in [-0.3, -0.25) is 14.4 Å². The third-order valence-electron chi connectivity index (χ3n) is 16.2. The van der Waals surface area contributed by atoms with Crippen molar-refractivity contribution in [2.45, 2.75) is 386 Å². The summed E-state index contributed by atoms with van der Waals surface area (Å²) in [5, 5.41) is 0. The van der Waals surface area contributed by atoms with Crippen LogP contribution in [0, 0.1) is 0 Å². The fraction of sp³-hybridized carbons (Fsp3) is 0.805. The van der Waals surface area contributed by atoms with Crippen LogP contribution in [0.1, 0.15) is 380 Å². The van der Waals surface area contributed by atoms with Crippen molar-refractivity contribution < 1.29 is 28.6 Å². The fourth-order valence-corrected chi connectivity index (χ4v) is 10.7. The van der Waals surface area contributed by atoms with Gasteiger partial charge >= 0.3 is 17.9 Å². The number of carbonyl (C=O) groups is 3. The van der Waals surface area contributed by atoms with E-state index >= 15 is 0 Å². The van der Waals surface area contributed by atoms with Gasteiger partial charge in [-0.25, -0.2) is 0 Å². The highest BCUT2D eigenvalue weighted by Gasteiger charge is 2.19. The van der Waals surface area contributed by atoms with Crippen molar-refractivity contribution in [3.63, 3.8) is 0 Å². The van der Waals surface area contributed by atoms with Crippen LogP contribution in [-0.4, -0.2) is 37.2 Å². The molecule has 0 aromatic rings. The predicted molar refractivity (Wildman–Crippen MR) is 362 cm³/mol. The molecule has 482 valence electrons. The quantitative estimate of drug-likeness (QED) is 0.0261. The van der Waals surface area contributed by atoms with E-state index in [4.69, 9.17) is 14.2 Å². The minimum Gasteiger partial charge on any atom is -0.462 e. The van der Waals surface area contributed by atoms with E-state index in [0.29, 0.717) is 19.3 Å². The Labute approximate surface area is 516 Å². The van der Waals surface area contributed by atoms with E-state index in [2.05, 4.69) is 93.7 Å². The second-order valence-corrected chi connectivity index (χ2v) is 24.5. The van der Waals surface area contributed by atoms with Crippen LogP contribution < -0.4 is 0 Å². The number of rotatable bonds is 67. The molecule has 0 amide bonds. The van der Waals surface area contributed by atoms with Crippen molar-refractivity contribution in [2.24, 2.45) is 0 Å². The SMILES string of the molecule is CC/C=C\C/C=C\C/C=C\C/C=C\CCCCCCCCCCC(=O)OC(COC(=O)CCCCCCCCCCC/C=C\CCCCCCCC)COC(=O)CCCCCCCCCCCCCCC/C=C\CCCCCCCCCC. The van der Waals surface area contributed by atoms with Crippen LogP contribution in [0.3, 0.4) is 0 Å². The Bertz CT molecular complexity index is 1520. The molecule has 0 aromatic carbocycles. The minimum absolute atomic E-state index is 0.0765. The van der Waals surface area contributed by atoms with Crippen LogP contribution in [0.2, 0.25) is 0 Å². The third kappa shape index (κ3) is 69.5. The molecule has 0 saturated carbocycles. The van der Waals surface area contributed by atoms with Crippen LogP contribution >= 0.6 is 0 Å². The van der Waals surface area contributed by atoms with Gasteiger partial charge in [0.2, 0.25) is 0 Å². The second-order valence-electron chi connectivity index (χ2n) is 24.5. The number of unbranched alkanes of at least 4 members (excludes halogenated alkanes) is 44. The average Bonchev–Trinajstić information content (AvgIpc) is 3.50. The molecule has 1 unspecified atom stereocenters. The van der Waals surface area contributed by atoms with E-state index in [1.807, 2.05) is 0 Å². The van der Waals surface area contributed by atoms with Gasteiger partial charge in [0.25, 0.3) is 0 Å². The molecular formula is C77H138O6. The lowest BCUT2D eigenvalue weighted by Gasteiger charge is -2.18. The second kappa shape index (κ2) is 71.3. The molecule has 0 rings (SSSR count). The highest BCUT2D eigenvalue weighted by atomic mass is 16.6. The Hall–Kier alpha value is -3.15. The highest BCUT2D eigenvalue weighted by Crippen LogP contribution is 2.18. The fourth-order valence-electron chi connectivity index (χ4n) is 10.7. The van der Waals surface area contributed by atoms with Crippen molar-refractivity contribution in [2.75, 3.05) is 13.2 Å². The summed E-state index contributed by atoms with van der Waals surface area (Å²) >= 11 is 0. The molecule has 0 heterocycles. The Balaban J connectivity index is 4.34. The number of hydrogen-bond acceptors (Lipinski definition) is 6. The van der Waals surface area contributed by atoms with Crippen LogP contribution in [0.15, 0.2) is 72.9 Å². The van der Waals surface area contributed by atoms with Crippen LogP contribution in [-0.2, 0) is 28.6 Å². The molecular weight excluding hydrogens is 1020 g/mol. The number of carbonyl (C=O) groups excluding carboxylic acids is 3. The molecule has 0 saturated heterocycles. The van der Waals surface area contributed by atoms with Gasteiger partial charge in [0.15, 0.2) is 6.10 Å². The first kappa shape index (κ1) is 79.8. The molecule has 0 bridgehead atoms. The molecule has 0 radical (unpaired) electrons. The number of allylic oxidation sites excluding steroid dienone is 12. The zero-order valence-corrected chi connectivity index (χ0v) is 55.5. The molecule has 0 aliphatic carbocycles. The van der Waals surface area contributed by atoms with E-state index < -0.39 is 6.10 Å². The smallest absolute Gasteiger partial charge is 0.306 e. The maximum Gasteiger partial charge on any atom is 0.306 e. The van der Waals surface area contributed by atoms with Crippen LogP contribution in [0.25, 0.3) is 0 Å². The Morgan fingerprint density at radius 2 is 0.470 bits per heavy atom. The standard InChI is InChI=1S/C77H138O6/c1-4-7-10-13-16-19-22-25-28-31-34-36-37-38-39-41-43-46-49-52-55-58-61-64-67-70-76(79)82-73-74(72-81-75(78)69-66-63-60-57-54-51-48-45-42-33-30-27-24-21-18-15-12-9-6-3)83-77(80)71-68-65-62-59-56-53-50-47-44-40-35-32-29-26-23-20-17-14-11-8-5-2/h8,11,17,20,26-27,29-31,34-35,40,74H,4-7,9-10,12-16,18-19,21-25,28,32-33,36-39,41-73H2,1-3H3/b11-8-,20-17-,29-26-,30-27-,34-31-,40-35-.